The lowest BCUT2D eigenvalue weighted by atomic mass is 10.0. The number of aryl methyl sites for hydroxylation is 1. The summed E-state index contributed by atoms with van der Waals surface area (Å²) in [5, 5.41) is 0. The zero-order valence-electron chi connectivity index (χ0n) is 33.0. The van der Waals surface area contributed by atoms with Gasteiger partial charge in [-0.1, -0.05) is 51.9 Å². The van der Waals surface area contributed by atoms with E-state index in [9.17, 15) is 0 Å². The minimum atomic E-state index is 0.991. The number of pyridine rings is 1. The minimum absolute atomic E-state index is 0.991. The minimum Gasteiger partial charge on any atom is -0.378 e. The van der Waals surface area contributed by atoms with E-state index in [0.717, 1.165) is 71.7 Å². The van der Waals surface area contributed by atoms with Crippen LogP contribution in [0.3, 0.4) is 0 Å². The summed E-state index contributed by atoms with van der Waals surface area (Å²) in [6.07, 6.45) is 27.1. The van der Waals surface area contributed by atoms with Crippen LogP contribution >= 0.6 is 21.6 Å². The molecule has 8 heteroatoms. The Hall–Kier alpha value is -3.01. The summed E-state index contributed by atoms with van der Waals surface area (Å²) in [5.41, 5.74) is 8.03. The predicted molar refractivity (Wildman–Crippen MR) is 231 cm³/mol. The van der Waals surface area contributed by atoms with Gasteiger partial charge in [-0.05, 0) is 126 Å². The highest BCUT2D eigenvalue weighted by Gasteiger charge is 2.12. The molecule has 0 saturated carbocycles. The van der Waals surface area contributed by atoms with Gasteiger partial charge in [-0.2, -0.15) is 4.57 Å². The first-order chi connectivity index (χ1) is 25.4. The first-order valence-corrected chi connectivity index (χ1v) is 21.9. The van der Waals surface area contributed by atoms with Gasteiger partial charge in [-0.3, -0.25) is 4.90 Å². The first-order valence-electron chi connectivity index (χ1n) is 19.5. The Kier molecular flexibility index (Phi) is 19.0. The number of benzene rings is 1. The maximum atomic E-state index is 2.49. The van der Waals surface area contributed by atoms with Crippen LogP contribution in [0.1, 0.15) is 50.8 Å². The van der Waals surface area contributed by atoms with Gasteiger partial charge in [-0.15, -0.1) is 0 Å². The van der Waals surface area contributed by atoms with E-state index in [-0.39, 0.29) is 0 Å². The van der Waals surface area contributed by atoms with Crippen LogP contribution in [0, 0.1) is 0 Å². The molecule has 1 aromatic carbocycles. The van der Waals surface area contributed by atoms with Crippen molar-refractivity contribution in [3.05, 3.63) is 119 Å². The maximum absolute atomic E-state index is 2.49. The SMILES string of the molecule is CC[n+]1ccccc1/C=C/C1=CC=C(N(C)CCCN(C)CCSSCCN(C)CCCN(C)c2ccc(/C=C/C3=CC=CC[NH+]3CC)cc2)CC1. The highest BCUT2D eigenvalue weighted by atomic mass is 33.1. The monoisotopic (exact) mass is 742 g/mol. The fourth-order valence-electron chi connectivity index (χ4n) is 6.54. The first kappa shape index (κ1) is 41.7. The van der Waals surface area contributed by atoms with Gasteiger partial charge in [0.15, 0.2) is 6.20 Å². The second-order valence-corrected chi connectivity index (χ2v) is 16.8. The Morgan fingerprint density at radius 2 is 1.42 bits per heavy atom. The molecule has 6 nitrogen and oxygen atoms in total. The quantitative estimate of drug-likeness (QED) is 0.0742. The van der Waals surface area contributed by atoms with Gasteiger partial charge in [0.2, 0.25) is 5.69 Å². The normalized spacial score (nSPS) is 16.2. The zero-order valence-corrected chi connectivity index (χ0v) is 34.6. The van der Waals surface area contributed by atoms with Gasteiger partial charge >= 0.3 is 0 Å². The largest absolute Gasteiger partial charge is 0.378 e. The molecule has 0 spiro atoms. The van der Waals surface area contributed by atoms with Crippen molar-refractivity contribution in [1.29, 1.82) is 0 Å². The Balaban J connectivity index is 1.00. The van der Waals surface area contributed by atoms with E-state index in [1.54, 1.807) is 0 Å². The number of rotatable bonds is 23. The second-order valence-electron chi connectivity index (χ2n) is 14.1. The van der Waals surface area contributed by atoms with Crippen LogP contribution in [0.25, 0.3) is 12.2 Å². The molecule has 2 aromatic rings. The molecule has 0 bridgehead atoms. The summed E-state index contributed by atoms with van der Waals surface area (Å²) < 4.78 is 2.28. The molecule has 1 aliphatic carbocycles. The van der Waals surface area contributed by atoms with E-state index in [0.29, 0.717) is 0 Å². The van der Waals surface area contributed by atoms with Crippen LogP contribution in [-0.2, 0) is 6.54 Å². The molecular formula is C44H66N6S2+2. The smallest absolute Gasteiger partial charge is 0.205 e. The summed E-state index contributed by atoms with van der Waals surface area (Å²) in [5.74, 6) is 2.36. The fourth-order valence-corrected chi connectivity index (χ4v) is 8.70. The standard InChI is InChI=1S/C44H65N6S2/c1-7-49-33-11-9-15-43(49)27-21-39-17-23-41(24-18-39)47(5)31-13-29-45(3)35-37-51-52-38-36-46(4)30-14-32-48(6)42-25-19-40(20-26-42)22-28-44-16-10-12-34-50(44)8-2/h9-12,15-19,21-25,27-28,34H,7-8,13-14,20,26,29-33,35-38H2,1-6H3/q+1/p+1/b27-21+. The molecule has 1 atom stereocenters. The highest BCUT2D eigenvalue weighted by Crippen LogP contribution is 2.23. The van der Waals surface area contributed by atoms with E-state index in [1.165, 1.54) is 63.2 Å². The number of nitrogens with zero attached hydrogens (tertiary/aromatic N) is 5. The number of aromatic nitrogens is 1. The zero-order chi connectivity index (χ0) is 37.0. The summed E-state index contributed by atoms with van der Waals surface area (Å²) in [6.45, 7) is 14.4. The van der Waals surface area contributed by atoms with Gasteiger partial charge < -0.3 is 19.6 Å². The third-order valence-corrected chi connectivity index (χ3v) is 12.5. The molecule has 52 heavy (non-hydrogen) atoms. The van der Waals surface area contributed by atoms with Crippen molar-refractivity contribution < 1.29 is 9.47 Å². The molecule has 282 valence electrons. The maximum Gasteiger partial charge on any atom is 0.205 e. The molecule has 1 N–H and O–H groups in total. The number of allylic oxidation sites excluding steroid dienone is 8. The van der Waals surface area contributed by atoms with Crippen molar-refractivity contribution in [1.82, 2.24) is 14.7 Å². The van der Waals surface area contributed by atoms with Crippen LogP contribution in [0.15, 0.2) is 108 Å². The van der Waals surface area contributed by atoms with E-state index < -0.39 is 0 Å². The Labute approximate surface area is 324 Å². The average Bonchev–Trinajstić information content (AvgIpc) is 3.18. The average molecular weight is 743 g/mol. The van der Waals surface area contributed by atoms with Gasteiger partial charge in [0.05, 0.1) is 6.54 Å². The van der Waals surface area contributed by atoms with Crippen LogP contribution in [-0.4, -0.2) is 107 Å². The van der Waals surface area contributed by atoms with E-state index in [2.05, 4.69) is 170 Å². The number of likely N-dealkylation sites (N-methyl/N-ethyl adjacent to an activating group) is 1. The summed E-state index contributed by atoms with van der Waals surface area (Å²) in [6, 6.07) is 15.4. The van der Waals surface area contributed by atoms with Crippen molar-refractivity contribution in [2.75, 3.05) is 97.0 Å². The highest BCUT2D eigenvalue weighted by molar-refractivity contribution is 8.76. The summed E-state index contributed by atoms with van der Waals surface area (Å²) >= 11 is 0. The summed E-state index contributed by atoms with van der Waals surface area (Å²) in [7, 11) is 13.0. The summed E-state index contributed by atoms with van der Waals surface area (Å²) in [4.78, 5) is 11.3. The Morgan fingerprint density at radius 1 is 0.712 bits per heavy atom. The van der Waals surface area contributed by atoms with Crippen LogP contribution < -0.4 is 14.4 Å². The number of anilines is 1. The van der Waals surface area contributed by atoms with Crippen molar-refractivity contribution in [3.8, 4) is 0 Å². The van der Waals surface area contributed by atoms with Gasteiger partial charge in [0, 0.05) is 81.4 Å². The molecule has 1 aromatic heterocycles. The lowest BCUT2D eigenvalue weighted by Gasteiger charge is -2.26. The van der Waals surface area contributed by atoms with E-state index in [4.69, 9.17) is 0 Å². The molecule has 4 rings (SSSR count). The third kappa shape index (κ3) is 14.8. The van der Waals surface area contributed by atoms with E-state index in [1.807, 2.05) is 21.6 Å². The fraction of sp³-hybridized carbons (Fsp3) is 0.477. The second kappa shape index (κ2) is 23.6. The molecule has 0 fully saturated rings. The Morgan fingerprint density at radius 3 is 2.08 bits per heavy atom. The van der Waals surface area contributed by atoms with Crippen molar-refractivity contribution in [2.24, 2.45) is 0 Å². The number of hydrogen-bond donors (Lipinski definition) is 1. The molecule has 0 radical (unpaired) electrons. The predicted octanol–water partition coefficient (Wildman–Crippen LogP) is 7.08. The molecule has 1 unspecified atom stereocenters. The van der Waals surface area contributed by atoms with Gasteiger partial charge in [0.1, 0.15) is 18.8 Å². The van der Waals surface area contributed by atoms with Crippen LogP contribution in [0.2, 0.25) is 0 Å². The molecule has 2 heterocycles. The lowest BCUT2D eigenvalue weighted by Crippen LogP contribution is -3.09. The molecule has 0 saturated heterocycles. The van der Waals surface area contributed by atoms with Crippen molar-refractivity contribution >= 4 is 39.4 Å². The Bertz CT molecular complexity index is 1530. The third-order valence-electron chi connectivity index (χ3n) is 10.1. The van der Waals surface area contributed by atoms with Crippen LogP contribution in [0.4, 0.5) is 5.69 Å². The number of nitrogens with one attached hydrogen (secondary N) is 1. The van der Waals surface area contributed by atoms with Crippen molar-refractivity contribution in [3.63, 3.8) is 0 Å². The number of quaternary nitrogens is 1. The van der Waals surface area contributed by atoms with E-state index >= 15 is 0 Å². The van der Waals surface area contributed by atoms with Crippen LogP contribution in [0.5, 0.6) is 0 Å². The van der Waals surface area contributed by atoms with Gasteiger partial charge in [0.25, 0.3) is 0 Å². The van der Waals surface area contributed by atoms with Gasteiger partial charge in [-0.25, -0.2) is 0 Å². The molecular weight excluding hydrogens is 677 g/mol. The van der Waals surface area contributed by atoms with Crippen molar-refractivity contribution in [2.45, 2.75) is 46.1 Å². The molecule has 2 aliphatic rings. The molecule has 0 amide bonds. The topological polar surface area (TPSA) is 21.3 Å². The number of hydrogen-bond acceptors (Lipinski definition) is 6. The lowest BCUT2D eigenvalue weighted by molar-refractivity contribution is -0.849. The molecule has 1 aliphatic heterocycles.